The van der Waals surface area contributed by atoms with Gasteiger partial charge in [0.05, 0.1) is 30.6 Å². The van der Waals surface area contributed by atoms with Crippen molar-refractivity contribution in [2.75, 3.05) is 18.0 Å². The molecule has 0 unspecified atom stereocenters. The smallest absolute Gasteiger partial charge is 0.225 e. The Hall–Kier alpha value is -2.02. The van der Waals surface area contributed by atoms with E-state index < -0.39 is 0 Å². The summed E-state index contributed by atoms with van der Waals surface area (Å²) in [6.45, 7) is 4.16. The fourth-order valence-electron chi connectivity index (χ4n) is 2.75. The first-order valence-corrected chi connectivity index (χ1v) is 6.36. The fourth-order valence-corrected chi connectivity index (χ4v) is 2.75. The fraction of sp³-hybridized carbons (Fsp3) is 0.500. The number of hydrogen-bond donors (Lipinski definition) is 0. The van der Waals surface area contributed by atoms with Crippen LogP contribution in [0.5, 0.6) is 0 Å². The number of aryl methyl sites for hydroxylation is 1. The lowest BCUT2D eigenvalue weighted by Gasteiger charge is -2.25. The minimum atomic E-state index is 0.137. The molecule has 1 saturated heterocycles. The molecule has 0 radical (unpaired) electrons. The molecule has 7 heteroatoms. The monoisotopic (exact) mass is 258 g/mol. The number of ether oxygens (including phenoxy) is 1. The topological polar surface area (TPSA) is 69.0 Å². The molecule has 0 aromatic carbocycles. The summed E-state index contributed by atoms with van der Waals surface area (Å²) in [6.07, 6.45) is 3.70. The molecule has 0 N–H and O–H groups in total. The van der Waals surface area contributed by atoms with Gasteiger partial charge in [0.2, 0.25) is 5.95 Å². The van der Waals surface area contributed by atoms with Crippen molar-refractivity contribution in [2.45, 2.75) is 25.7 Å². The number of aromatic nitrogens is 5. The van der Waals surface area contributed by atoms with Crippen molar-refractivity contribution in [3.8, 4) is 0 Å². The molecule has 4 heterocycles. The van der Waals surface area contributed by atoms with Crippen molar-refractivity contribution in [1.29, 1.82) is 0 Å². The Labute approximate surface area is 110 Å². The van der Waals surface area contributed by atoms with Crippen molar-refractivity contribution in [3.05, 3.63) is 29.8 Å². The van der Waals surface area contributed by atoms with Crippen LogP contribution in [-0.4, -0.2) is 44.2 Å². The lowest BCUT2D eigenvalue weighted by molar-refractivity contribution is -0.00255. The van der Waals surface area contributed by atoms with E-state index in [1.807, 2.05) is 17.7 Å². The summed E-state index contributed by atoms with van der Waals surface area (Å²) < 4.78 is 7.85. The Morgan fingerprint density at radius 3 is 3.21 bits per heavy atom. The van der Waals surface area contributed by atoms with Gasteiger partial charge in [0.1, 0.15) is 0 Å². The van der Waals surface area contributed by atoms with Gasteiger partial charge in [-0.05, 0) is 13.0 Å². The maximum absolute atomic E-state index is 5.87. The van der Waals surface area contributed by atoms with Gasteiger partial charge >= 0.3 is 0 Å². The average molecular weight is 258 g/mol. The third kappa shape index (κ3) is 1.69. The highest BCUT2D eigenvalue weighted by Gasteiger charge is 2.40. The first-order valence-electron chi connectivity index (χ1n) is 6.36. The van der Waals surface area contributed by atoms with Crippen molar-refractivity contribution in [2.24, 2.45) is 0 Å². The minimum absolute atomic E-state index is 0.137. The lowest BCUT2D eigenvalue weighted by Crippen LogP contribution is -2.32. The van der Waals surface area contributed by atoms with Gasteiger partial charge in [-0.25, -0.2) is 14.6 Å². The number of nitrogens with zero attached hydrogens (tertiary/aromatic N) is 6. The summed E-state index contributed by atoms with van der Waals surface area (Å²) >= 11 is 0. The van der Waals surface area contributed by atoms with E-state index in [2.05, 4.69) is 25.2 Å². The van der Waals surface area contributed by atoms with Crippen LogP contribution >= 0.6 is 0 Å². The molecule has 0 aliphatic carbocycles. The number of fused-ring (bicyclic) bond motifs is 3. The molecule has 2 aliphatic rings. The van der Waals surface area contributed by atoms with Gasteiger partial charge in [-0.1, -0.05) is 5.21 Å². The molecule has 1 fully saturated rings. The van der Waals surface area contributed by atoms with Crippen LogP contribution in [0.25, 0.3) is 0 Å². The normalized spacial score (nSPS) is 25.2. The third-order valence-electron chi connectivity index (χ3n) is 3.71. The SMILES string of the molecule is Cc1ccnc(N2C[C@@H]3[C@@H](C2)OCc2cnnn23)n1. The van der Waals surface area contributed by atoms with Gasteiger partial charge in [0.25, 0.3) is 0 Å². The molecule has 2 aromatic rings. The molecule has 2 atom stereocenters. The second-order valence-corrected chi connectivity index (χ2v) is 4.99. The van der Waals surface area contributed by atoms with E-state index in [0.29, 0.717) is 6.61 Å². The quantitative estimate of drug-likeness (QED) is 0.734. The highest BCUT2D eigenvalue weighted by atomic mass is 16.5. The van der Waals surface area contributed by atoms with E-state index in [1.54, 1.807) is 12.4 Å². The summed E-state index contributed by atoms with van der Waals surface area (Å²) in [5.74, 6) is 0.764. The average Bonchev–Trinajstić information content (AvgIpc) is 3.04. The molecular weight excluding hydrogens is 244 g/mol. The van der Waals surface area contributed by atoms with E-state index in [9.17, 15) is 0 Å². The summed E-state index contributed by atoms with van der Waals surface area (Å²) in [7, 11) is 0. The molecule has 0 bridgehead atoms. The van der Waals surface area contributed by atoms with Crippen LogP contribution in [0.4, 0.5) is 5.95 Å². The summed E-state index contributed by atoms with van der Waals surface area (Å²) in [5.41, 5.74) is 2.01. The Morgan fingerprint density at radius 2 is 2.32 bits per heavy atom. The lowest BCUT2D eigenvalue weighted by atomic mass is 10.2. The van der Waals surface area contributed by atoms with Gasteiger partial charge in [0, 0.05) is 25.0 Å². The number of rotatable bonds is 1. The van der Waals surface area contributed by atoms with Crippen LogP contribution in [-0.2, 0) is 11.3 Å². The Bertz CT molecular complexity index is 612. The highest BCUT2D eigenvalue weighted by molar-refractivity contribution is 5.34. The molecule has 2 aromatic heterocycles. The van der Waals surface area contributed by atoms with Crippen molar-refractivity contribution in [1.82, 2.24) is 25.0 Å². The molecule has 4 rings (SSSR count). The van der Waals surface area contributed by atoms with Gasteiger partial charge in [-0.15, -0.1) is 5.10 Å². The number of hydrogen-bond acceptors (Lipinski definition) is 6. The molecular formula is C12H14N6O. The van der Waals surface area contributed by atoms with Gasteiger partial charge in [-0.3, -0.25) is 0 Å². The maximum Gasteiger partial charge on any atom is 0.225 e. The second kappa shape index (κ2) is 3.99. The standard InChI is InChI=1S/C12H14N6O/c1-8-2-3-13-12(15-8)17-5-10-11(6-17)19-7-9-4-14-16-18(9)10/h2-4,10-11H,5-7H2,1H3/t10-,11-/m1/s1. The van der Waals surface area contributed by atoms with Crippen LogP contribution in [0, 0.1) is 6.92 Å². The minimum Gasteiger partial charge on any atom is -0.368 e. The molecule has 0 spiro atoms. The first kappa shape index (κ1) is 10.9. The molecule has 0 amide bonds. The van der Waals surface area contributed by atoms with Crippen LogP contribution in [0.3, 0.4) is 0 Å². The van der Waals surface area contributed by atoms with Crippen LogP contribution in [0.15, 0.2) is 18.5 Å². The molecule has 2 aliphatic heterocycles. The van der Waals surface area contributed by atoms with Gasteiger partial charge in [0.15, 0.2) is 0 Å². The predicted octanol–water partition coefficient (Wildman–Crippen LogP) is 0.337. The van der Waals surface area contributed by atoms with E-state index in [1.165, 1.54) is 0 Å². The van der Waals surface area contributed by atoms with E-state index in [4.69, 9.17) is 4.74 Å². The van der Waals surface area contributed by atoms with Crippen LogP contribution < -0.4 is 4.90 Å². The Balaban J connectivity index is 1.64. The van der Waals surface area contributed by atoms with Crippen molar-refractivity contribution < 1.29 is 4.74 Å². The predicted molar refractivity (Wildman–Crippen MR) is 66.6 cm³/mol. The van der Waals surface area contributed by atoms with E-state index in [-0.39, 0.29) is 12.1 Å². The van der Waals surface area contributed by atoms with E-state index in [0.717, 1.165) is 30.4 Å². The van der Waals surface area contributed by atoms with Gasteiger partial charge in [-0.2, -0.15) is 0 Å². The highest BCUT2D eigenvalue weighted by Crippen LogP contribution is 2.31. The largest absolute Gasteiger partial charge is 0.368 e. The summed E-state index contributed by atoms with van der Waals surface area (Å²) in [4.78, 5) is 11.0. The zero-order valence-corrected chi connectivity index (χ0v) is 10.6. The Kier molecular flexibility index (Phi) is 2.28. The third-order valence-corrected chi connectivity index (χ3v) is 3.71. The molecule has 19 heavy (non-hydrogen) atoms. The zero-order valence-electron chi connectivity index (χ0n) is 10.6. The van der Waals surface area contributed by atoms with Crippen LogP contribution in [0.2, 0.25) is 0 Å². The van der Waals surface area contributed by atoms with E-state index >= 15 is 0 Å². The first-order chi connectivity index (χ1) is 9.31. The second-order valence-electron chi connectivity index (χ2n) is 4.99. The molecule has 98 valence electrons. The van der Waals surface area contributed by atoms with Crippen molar-refractivity contribution >= 4 is 5.95 Å². The summed E-state index contributed by atoms with van der Waals surface area (Å²) in [6, 6.07) is 2.11. The maximum atomic E-state index is 5.87. The number of anilines is 1. The Morgan fingerprint density at radius 1 is 1.37 bits per heavy atom. The van der Waals surface area contributed by atoms with Crippen LogP contribution in [0.1, 0.15) is 17.4 Å². The molecule has 7 nitrogen and oxygen atoms in total. The zero-order chi connectivity index (χ0) is 12.8. The summed E-state index contributed by atoms with van der Waals surface area (Å²) in [5, 5.41) is 8.12. The van der Waals surface area contributed by atoms with Gasteiger partial charge < -0.3 is 9.64 Å². The van der Waals surface area contributed by atoms with Crippen molar-refractivity contribution in [3.63, 3.8) is 0 Å². The molecule has 0 saturated carbocycles.